The van der Waals surface area contributed by atoms with Crippen LogP contribution in [0, 0.1) is 0 Å². The van der Waals surface area contributed by atoms with Gasteiger partial charge in [-0.2, -0.15) is 0 Å². The van der Waals surface area contributed by atoms with E-state index in [0.29, 0.717) is 71.6 Å². The van der Waals surface area contributed by atoms with Gasteiger partial charge in [-0.1, -0.05) is 18.2 Å². The Morgan fingerprint density at radius 2 is 1.23 bits per heavy atom. The Balaban J connectivity index is 1.89. The van der Waals surface area contributed by atoms with Gasteiger partial charge in [0.15, 0.2) is 0 Å². The van der Waals surface area contributed by atoms with Crippen LogP contribution in [0.1, 0.15) is 0 Å². The molecule has 7 nitrogen and oxygen atoms in total. The first-order valence-electron chi connectivity index (χ1n) is 9.24. The minimum absolute atomic E-state index is 0.00342. The zero-order valence-electron chi connectivity index (χ0n) is 15.4. The second-order valence-corrected chi connectivity index (χ2v) is 5.85. The van der Waals surface area contributed by atoms with Crippen molar-refractivity contribution in [2.75, 3.05) is 83.9 Å². The van der Waals surface area contributed by atoms with Crippen LogP contribution in [-0.2, 0) is 18.9 Å². The van der Waals surface area contributed by atoms with Crippen LogP contribution in [0.2, 0.25) is 0 Å². The summed E-state index contributed by atoms with van der Waals surface area (Å²) in [6.07, 6.45) is 0. The Kier molecular flexibility index (Phi) is 10.9. The highest BCUT2D eigenvalue weighted by molar-refractivity contribution is 5.45. The number of hydrogen-bond acceptors (Lipinski definition) is 7. The predicted molar refractivity (Wildman–Crippen MR) is 101 cm³/mol. The maximum Gasteiger partial charge on any atom is 0.201 e. The molecule has 0 unspecified atom stereocenters. The van der Waals surface area contributed by atoms with Crippen molar-refractivity contribution in [2.45, 2.75) is 0 Å². The monoisotopic (exact) mass is 366 g/mol. The third-order valence-electron chi connectivity index (χ3n) is 3.92. The van der Waals surface area contributed by atoms with Crippen LogP contribution in [0.25, 0.3) is 0 Å². The number of hydrogen-bond donors (Lipinski definition) is 1. The topological polar surface area (TPSA) is 69.3 Å². The molecule has 0 saturated carbocycles. The fourth-order valence-corrected chi connectivity index (χ4v) is 2.54. The molecule has 1 aromatic carbocycles. The standard InChI is InChI=1S/C19H30N2O5/c22-19-5-3-1-2-4-18(19)21-8-12-25-16-14-23-10-6-20-7-11-24-15-17-26-13-9-21/h1-5,20H,6-17H2. The number of anilines is 1. The van der Waals surface area contributed by atoms with E-state index in [9.17, 15) is 4.79 Å². The van der Waals surface area contributed by atoms with Gasteiger partial charge in [0.05, 0.1) is 58.5 Å². The lowest BCUT2D eigenvalue weighted by Crippen LogP contribution is -2.34. The van der Waals surface area contributed by atoms with Gasteiger partial charge in [-0.05, 0) is 12.1 Å². The first-order valence-corrected chi connectivity index (χ1v) is 9.24. The van der Waals surface area contributed by atoms with E-state index < -0.39 is 0 Å². The number of ether oxygens (including phenoxy) is 4. The van der Waals surface area contributed by atoms with E-state index in [-0.39, 0.29) is 5.43 Å². The molecule has 0 aromatic heterocycles. The van der Waals surface area contributed by atoms with Crippen LogP contribution in [0.15, 0.2) is 35.1 Å². The summed E-state index contributed by atoms with van der Waals surface area (Å²) in [4.78, 5) is 14.3. The summed E-state index contributed by atoms with van der Waals surface area (Å²) in [5.41, 5.74) is 0.659. The van der Waals surface area contributed by atoms with Crippen LogP contribution >= 0.6 is 0 Å². The molecule has 0 radical (unpaired) electrons. The molecule has 146 valence electrons. The molecule has 1 N–H and O–H groups in total. The lowest BCUT2D eigenvalue weighted by atomic mass is 10.3. The lowest BCUT2D eigenvalue weighted by Gasteiger charge is -2.23. The largest absolute Gasteiger partial charge is 0.378 e. The highest BCUT2D eigenvalue weighted by Crippen LogP contribution is 2.06. The van der Waals surface area contributed by atoms with Gasteiger partial charge in [0.1, 0.15) is 0 Å². The molecular weight excluding hydrogens is 336 g/mol. The van der Waals surface area contributed by atoms with Gasteiger partial charge < -0.3 is 29.2 Å². The fourth-order valence-electron chi connectivity index (χ4n) is 2.54. The summed E-state index contributed by atoms with van der Waals surface area (Å²) in [5, 5.41) is 3.25. The molecule has 0 spiro atoms. The first kappa shape index (κ1) is 20.8. The summed E-state index contributed by atoms with van der Waals surface area (Å²) in [7, 11) is 0. The van der Waals surface area contributed by atoms with E-state index >= 15 is 0 Å². The van der Waals surface area contributed by atoms with Crippen molar-refractivity contribution >= 4 is 5.69 Å². The molecule has 0 bridgehead atoms. The van der Waals surface area contributed by atoms with Crippen molar-refractivity contribution in [1.82, 2.24) is 5.32 Å². The van der Waals surface area contributed by atoms with Gasteiger partial charge in [0.2, 0.25) is 5.43 Å². The minimum Gasteiger partial charge on any atom is -0.378 e. The molecule has 0 atom stereocenters. The molecule has 1 aromatic rings. The maximum absolute atomic E-state index is 12.3. The molecule has 1 fully saturated rings. The molecule has 7 heteroatoms. The van der Waals surface area contributed by atoms with Crippen LogP contribution in [0.5, 0.6) is 0 Å². The highest BCUT2D eigenvalue weighted by atomic mass is 16.5. The van der Waals surface area contributed by atoms with Gasteiger partial charge in [0, 0.05) is 26.2 Å². The molecular formula is C19H30N2O5. The van der Waals surface area contributed by atoms with Crippen LogP contribution in [0.4, 0.5) is 5.69 Å². The van der Waals surface area contributed by atoms with E-state index in [1.165, 1.54) is 0 Å². The number of rotatable bonds is 1. The third-order valence-corrected chi connectivity index (χ3v) is 3.92. The molecule has 1 saturated heterocycles. The van der Waals surface area contributed by atoms with Crippen molar-refractivity contribution in [3.63, 3.8) is 0 Å². The highest BCUT2D eigenvalue weighted by Gasteiger charge is 2.09. The summed E-state index contributed by atoms with van der Waals surface area (Å²) in [6.45, 7) is 7.42. The van der Waals surface area contributed by atoms with Crippen molar-refractivity contribution in [1.29, 1.82) is 0 Å². The lowest BCUT2D eigenvalue weighted by molar-refractivity contribution is 0.0409. The zero-order chi connectivity index (χ0) is 18.3. The zero-order valence-corrected chi connectivity index (χ0v) is 15.4. The van der Waals surface area contributed by atoms with Crippen LogP contribution < -0.4 is 15.6 Å². The molecule has 2 rings (SSSR count). The fraction of sp³-hybridized carbons (Fsp3) is 0.632. The minimum atomic E-state index is -0.00342. The van der Waals surface area contributed by atoms with Crippen LogP contribution in [0.3, 0.4) is 0 Å². The van der Waals surface area contributed by atoms with E-state index in [0.717, 1.165) is 13.1 Å². The molecule has 0 amide bonds. The third kappa shape index (κ3) is 8.73. The van der Waals surface area contributed by atoms with Crippen molar-refractivity contribution in [3.8, 4) is 0 Å². The molecule has 1 aliphatic rings. The Morgan fingerprint density at radius 1 is 0.692 bits per heavy atom. The normalized spacial score (nSPS) is 20.1. The summed E-state index contributed by atoms with van der Waals surface area (Å²) >= 11 is 0. The van der Waals surface area contributed by atoms with E-state index in [4.69, 9.17) is 18.9 Å². The first-order chi connectivity index (χ1) is 12.9. The summed E-state index contributed by atoms with van der Waals surface area (Å²) < 4.78 is 22.3. The van der Waals surface area contributed by atoms with Gasteiger partial charge in [0.25, 0.3) is 0 Å². The quantitative estimate of drug-likeness (QED) is 0.777. The Hall–Kier alpha value is -1.51. The Morgan fingerprint density at radius 3 is 1.85 bits per heavy atom. The van der Waals surface area contributed by atoms with E-state index in [1.807, 2.05) is 23.1 Å². The van der Waals surface area contributed by atoms with E-state index in [2.05, 4.69) is 5.32 Å². The Bertz CT molecular complexity index is 525. The van der Waals surface area contributed by atoms with Crippen LogP contribution in [-0.4, -0.2) is 79.0 Å². The molecule has 0 aliphatic carbocycles. The molecule has 1 aliphatic heterocycles. The smallest absolute Gasteiger partial charge is 0.201 e. The van der Waals surface area contributed by atoms with E-state index in [1.54, 1.807) is 12.1 Å². The number of nitrogens with one attached hydrogen (secondary N) is 1. The van der Waals surface area contributed by atoms with Gasteiger partial charge in [-0.25, -0.2) is 0 Å². The molecule has 26 heavy (non-hydrogen) atoms. The summed E-state index contributed by atoms with van der Waals surface area (Å²) in [6, 6.07) is 8.90. The SMILES string of the molecule is O=c1cccccc1N1CCOCCOCCNCCOCCOCC1. The predicted octanol–water partition coefficient (Wildman–Crippen LogP) is 0.523. The summed E-state index contributed by atoms with van der Waals surface area (Å²) in [5.74, 6) is 0. The second kappa shape index (κ2) is 13.7. The van der Waals surface area contributed by atoms with Gasteiger partial charge in [-0.15, -0.1) is 0 Å². The van der Waals surface area contributed by atoms with Crippen molar-refractivity contribution in [3.05, 3.63) is 40.6 Å². The van der Waals surface area contributed by atoms with Crippen molar-refractivity contribution < 1.29 is 18.9 Å². The number of nitrogens with zero attached hydrogens (tertiary/aromatic N) is 1. The second-order valence-electron chi connectivity index (χ2n) is 5.85. The Labute approximate surface area is 155 Å². The van der Waals surface area contributed by atoms with Gasteiger partial charge in [-0.3, -0.25) is 4.79 Å². The van der Waals surface area contributed by atoms with Gasteiger partial charge >= 0.3 is 0 Å². The molecule has 1 heterocycles. The van der Waals surface area contributed by atoms with Crippen molar-refractivity contribution in [2.24, 2.45) is 0 Å². The average Bonchev–Trinajstić information content (AvgIpc) is 2.86. The maximum atomic E-state index is 12.3. The average molecular weight is 366 g/mol.